The van der Waals surface area contributed by atoms with Gasteiger partial charge >= 0.3 is 0 Å². The van der Waals surface area contributed by atoms with E-state index in [0.29, 0.717) is 18.5 Å². The summed E-state index contributed by atoms with van der Waals surface area (Å²) < 4.78 is 0. The molecule has 0 aromatic heterocycles. The fraction of sp³-hybridized carbons (Fsp3) is 0.917. The van der Waals surface area contributed by atoms with Crippen molar-refractivity contribution in [3.05, 3.63) is 0 Å². The van der Waals surface area contributed by atoms with Crippen molar-refractivity contribution in [2.75, 3.05) is 6.54 Å². The third-order valence-electron chi connectivity index (χ3n) is 3.55. The Balaban J connectivity index is 1.63. The summed E-state index contributed by atoms with van der Waals surface area (Å²) in [4.78, 5) is 11.0. The summed E-state index contributed by atoms with van der Waals surface area (Å²) >= 11 is 0. The molecule has 2 N–H and O–H groups in total. The van der Waals surface area contributed by atoms with Gasteiger partial charge in [-0.2, -0.15) is 0 Å². The lowest BCUT2D eigenvalue weighted by Crippen LogP contribution is -2.40. The molecular weight excluding hydrogens is 188 g/mol. The maximum Gasteiger partial charge on any atom is 0.220 e. The maximum atomic E-state index is 11.0. The minimum absolute atomic E-state index is 0.219. The first-order valence-electron chi connectivity index (χ1n) is 6.30. The smallest absolute Gasteiger partial charge is 0.220 e. The van der Waals surface area contributed by atoms with Gasteiger partial charge in [-0.3, -0.25) is 4.79 Å². The molecule has 2 rings (SSSR count). The summed E-state index contributed by atoms with van der Waals surface area (Å²) in [5.74, 6) is 1.21. The van der Waals surface area contributed by atoms with E-state index < -0.39 is 0 Å². The zero-order chi connectivity index (χ0) is 10.7. The van der Waals surface area contributed by atoms with Crippen LogP contribution in [0.15, 0.2) is 0 Å². The van der Waals surface area contributed by atoms with Crippen LogP contribution in [0.4, 0.5) is 0 Å². The van der Waals surface area contributed by atoms with Crippen LogP contribution < -0.4 is 10.6 Å². The largest absolute Gasteiger partial charge is 0.352 e. The molecule has 2 aliphatic rings. The number of nitrogens with one attached hydrogen (secondary N) is 2. The summed E-state index contributed by atoms with van der Waals surface area (Å²) in [5, 5.41) is 6.59. The minimum atomic E-state index is 0.219. The number of carbonyl (C=O) groups is 1. The normalized spacial score (nSPS) is 27.8. The minimum Gasteiger partial charge on any atom is -0.352 e. The molecule has 2 fully saturated rings. The Bertz CT molecular complexity index is 226. The lowest BCUT2D eigenvalue weighted by Gasteiger charge is -2.19. The van der Waals surface area contributed by atoms with Crippen molar-refractivity contribution in [1.82, 2.24) is 10.6 Å². The van der Waals surface area contributed by atoms with Crippen LogP contribution >= 0.6 is 0 Å². The molecule has 0 aromatic carbocycles. The SMILES string of the molecule is CCC(CC1CC1)NCC1CCC(=O)N1. The monoisotopic (exact) mass is 210 g/mol. The number of carbonyl (C=O) groups excluding carboxylic acids is 1. The molecule has 0 radical (unpaired) electrons. The molecule has 0 spiro atoms. The van der Waals surface area contributed by atoms with Crippen molar-refractivity contribution in [1.29, 1.82) is 0 Å². The molecule has 1 saturated heterocycles. The van der Waals surface area contributed by atoms with E-state index in [0.717, 1.165) is 18.9 Å². The Morgan fingerprint density at radius 3 is 2.80 bits per heavy atom. The lowest BCUT2D eigenvalue weighted by atomic mass is 10.1. The lowest BCUT2D eigenvalue weighted by molar-refractivity contribution is -0.119. The third-order valence-corrected chi connectivity index (χ3v) is 3.55. The van der Waals surface area contributed by atoms with Crippen LogP contribution in [0.5, 0.6) is 0 Å². The van der Waals surface area contributed by atoms with E-state index in [1.807, 2.05) is 0 Å². The molecule has 15 heavy (non-hydrogen) atoms. The van der Waals surface area contributed by atoms with E-state index in [1.54, 1.807) is 0 Å². The molecule has 2 unspecified atom stereocenters. The summed E-state index contributed by atoms with van der Waals surface area (Å²) in [5.41, 5.74) is 0. The van der Waals surface area contributed by atoms with E-state index in [9.17, 15) is 4.79 Å². The van der Waals surface area contributed by atoms with E-state index >= 15 is 0 Å². The Morgan fingerprint density at radius 1 is 1.47 bits per heavy atom. The molecule has 3 nitrogen and oxygen atoms in total. The Labute approximate surface area is 92.0 Å². The van der Waals surface area contributed by atoms with E-state index in [4.69, 9.17) is 0 Å². The number of amides is 1. The predicted octanol–water partition coefficient (Wildman–Crippen LogP) is 1.43. The summed E-state index contributed by atoms with van der Waals surface area (Å²) in [6, 6.07) is 1.04. The van der Waals surface area contributed by atoms with Crippen molar-refractivity contribution >= 4 is 5.91 Å². The van der Waals surface area contributed by atoms with Gasteiger partial charge in [-0.1, -0.05) is 19.8 Å². The van der Waals surface area contributed by atoms with Gasteiger partial charge in [0.25, 0.3) is 0 Å². The quantitative estimate of drug-likeness (QED) is 0.696. The van der Waals surface area contributed by atoms with Crippen LogP contribution in [0.25, 0.3) is 0 Å². The van der Waals surface area contributed by atoms with Crippen molar-refractivity contribution in [3.8, 4) is 0 Å². The van der Waals surface area contributed by atoms with Crippen molar-refractivity contribution in [2.45, 2.75) is 57.5 Å². The van der Waals surface area contributed by atoms with Crippen LogP contribution in [-0.2, 0) is 4.79 Å². The summed E-state index contributed by atoms with van der Waals surface area (Å²) in [6.45, 7) is 3.20. The summed E-state index contributed by atoms with van der Waals surface area (Å²) in [6.07, 6.45) is 7.11. The second-order valence-electron chi connectivity index (χ2n) is 5.00. The Kier molecular flexibility index (Phi) is 3.62. The highest BCUT2D eigenvalue weighted by Crippen LogP contribution is 2.34. The van der Waals surface area contributed by atoms with Gasteiger partial charge in [0.1, 0.15) is 0 Å². The highest BCUT2D eigenvalue weighted by atomic mass is 16.1. The average Bonchev–Trinajstić information content (AvgIpc) is 2.95. The van der Waals surface area contributed by atoms with Crippen molar-refractivity contribution in [2.24, 2.45) is 5.92 Å². The average molecular weight is 210 g/mol. The molecular formula is C12H22N2O. The summed E-state index contributed by atoms with van der Waals surface area (Å²) in [7, 11) is 0. The maximum absolute atomic E-state index is 11.0. The molecule has 1 heterocycles. The second-order valence-corrected chi connectivity index (χ2v) is 5.00. The first-order valence-corrected chi connectivity index (χ1v) is 6.30. The number of hydrogen-bond acceptors (Lipinski definition) is 2. The third kappa shape index (κ3) is 3.49. The van der Waals surface area contributed by atoms with Gasteiger partial charge in [0, 0.05) is 25.0 Å². The van der Waals surface area contributed by atoms with E-state index in [-0.39, 0.29) is 5.91 Å². The van der Waals surface area contributed by atoms with Crippen LogP contribution in [0.3, 0.4) is 0 Å². The molecule has 1 aliphatic heterocycles. The topological polar surface area (TPSA) is 41.1 Å². The van der Waals surface area contributed by atoms with Gasteiger partial charge in [-0.05, 0) is 25.2 Å². The predicted molar refractivity (Wildman–Crippen MR) is 60.6 cm³/mol. The van der Waals surface area contributed by atoms with E-state index in [2.05, 4.69) is 17.6 Å². The molecule has 1 saturated carbocycles. The van der Waals surface area contributed by atoms with Gasteiger partial charge in [0.15, 0.2) is 0 Å². The fourth-order valence-corrected chi connectivity index (χ4v) is 2.29. The fourth-order valence-electron chi connectivity index (χ4n) is 2.29. The van der Waals surface area contributed by atoms with Gasteiger partial charge in [-0.15, -0.1) is 0 Å². The molecule has 0 aromatic rings. The molecule has 2 atom stereocenters. The highest BCUT2D eigenvalue weighted by molar-refractivity contribution is 5.78. The van der Waals surface area contributed by atoms with Crippen molar-refractivity contribution in [3.63, 3.8) is 0 Å². The Morgan fingerprint density at radius 2 is 2.27 bits per heavy atom. The van der Waals surface area contributed by atoms with Crippen LogP contribution in [0.2, 0.25) is 0 Å². The molecule has 0 bridgehead atoms. The van der Waals surface area contributed by atoms with Crippen LogP contribution in [0.1, 0.15) is 45.4 Å². The molecule has 3 heteroatoms. The molecule has 1 amide bonds. The zero-order valence-corrected chi connectivity index (χ0v) is 9.59. The second kappa shape index (κ2) is 4.97. The van der Waals surface area contributed by atoms with Crippen LogP contribution in [-0.4, -0.2) is 24.5 Å². The van der Waals surface area contributed by atoms with Gasteiger partial charge in [0.05, 0.1) is 0 Å². The first kappa shape index (κ1) is 10.9. The number of rotatable bonds is 6. The highest BCUT2D eigenvalue weighted by Gasteiger charge is 2.26. The van der Waals surface area contributed by atoms with E-state index in [1.165, 1.54) is 25.7 Å². The Hall–Kier alpha value is -0.570. The first-order chi connectivity index (χ1) is 7.28. The molecule has 1 aliphatic carbocycles. The van der Waals surface area contributed by atoms with Crippen LogP contribution in [0, 0.1) is 5.92 Å². The van der Waals surface area contributed by atoms with Gasteiger partial charge in [0.2, 0.25) is 5.91 Å². The number of hydrogen-bond donors (Lipinski definition) is 2. The standard InChI is InChI=1S/C12H22N2O/c1-2-10(7-9-3-4-9)13-8-11-5-6-12(15)14-11/h9-11,13H,2-8H2,1H3,(H,14,15). The van der Waals surface area contributed by atoms with Gasteiger partial charge in [-0.25, -0.2) is 0 Å². The zero-order valence-electron chi connectivity index (χ0n) is 9.59. The van der Waals surface area contributed by atoms with Gasteiger partial charge < -0.3 is 10.6 Å². The molecule has 86 valence electrons. The van der Waals surface area contributed by atoms with Crippen molar-refractivity contribution < 1.29 is 4.79 Å².